The van der Waals surface area contributed by atoms with Crippen LogP contribution in [-0.4, -0.2) is 63.4 Å². The van der Waals surface area contributed by atoms with E-state index in [1.807, 2.05) is 0 Å². The van der Waals surface area contributed by atoms with E-state index in [2.05, 4.69) is 28.2 Å². The van der Waals surface area contributed by atoms with Gasteiger partial charge in [-0.2, -0.15) is 0 Å². The highest BCUT2D eigenvalue weighted by Crippen LogP contribution is 1.80. The maximum atomic E-state index is 10.2. The SMILES string of the molecule is CCCCNCCNCCNCCNCCC(=O)O. The van der Waals surface area contributed by atoms with Gasteiger partial charge in [-0.3, -0.25) is 4.79 Å². The fourth-order valence-corrected chi connectivity index (χ4v) is 1.53. The van der Waals surface area contributed by atoms with Crippen LogP contribution in [0.4, 0.5) is 0 Å². The molecule has 0 saturated heterocycles. The van der Waals surface area contributed by atoms with Gasteiger partial charge in [0, 0.05) is 45.8 Å². The Labute approximate surface area is 116 Å². The Balaban J connectivity index is 2.93. The van der Waals surface area contributed by atoms with Gasteiger partial charge in [-0.1, -0.05) is 13.3 Å². The predicted molar refractivity (Wildman–Crippen MR) is 78.6 cm³/mol. The molecule has 0 spiro atoms. The molecule has 0 aromatic rings. The third-order valence-corrected chi connectivity index (χ3v) is 2.66. The number of carboxylic acid groups (broad SMARTS) is 1. The fourth-order valence-electron chi connectivity index (χ4n) is 1.53. The number of aliphatic carboxylic acids is 1. The summed E-state index contributed by atoms with van der Waals surface area (Å²) in [7, 11) is 0. The summed E-state index contributed by atoms with van der Waals surface area (Å²) in [4.78, 5) is 10.2. The van der Waals surface area contributed by atoms with Gasteiger partial charge in [0.25, 0.3) is 0 Å². The van der Waals surface area contributed by atoms with Crippen molar-refractivity contribution in [2.24, 2.45) is 0 Å². The molecular formula is C13H30N4O2. The average Bonchev–Trinajstić information content (AvgIpc) is 2.39. The molecule has 0 atom stereocenters. The Hall–Kier alpha value is -0.690. The maximum Gasteiger partial charge on any atom is 0.304 e. The molecule has 0 aliphatic carbocycles. The molecule has 6 nitrogen and oxygen atoms in total. The minimum absolute atomic E-state index is 0.187. The second-order valence-electron chi connectivity index (χ2n) is 4.50. The van der Waals surface area contributed by atoms with Crippen molar-refractivity contribution in [1.82, 2.24) is 21.3 Å². The first kappa shape index (κ1) is 18.3. The van der Waals surface area contributed by atoms with E-state index in [0.29, 0.717) is 6.54 Å². The topological polar surface area (TPSA) is 85.4 Å². The Kier molecular flexibility index (Phi) is 14.8. The lowest BCUT2D eigenvalue weighted by Crippen LogP contribution is -2.35. The van der Waals surface area contributed by atoms with Gasteiger partial charge < -0.3 is 26.4 Å². The van der Waals surface area contributed by atoms with Crippen LogP contribution in [0.15, 0.2) is 0 Å². The number of carboxylic acids is 1. The highest BCUT2D eigenvalue weighted by Gasteiger charge is 1.94. The highest BCUT2D eigenvalue weighted by atomic mass is 16.4. The number of rotatable bonds is 15. The number of nitrogens with one attached hydrogen (secondary N) is 4. The van der Waals surface area contributed by atoms with E-state index in [4.69, 9.17) is 5.11 Å². The van der Waals surface area contributed by atoms with Crippen molar-refractivity contribution in [3.05, 3.63) is 0 Å². The molecule has 5 N–H and O–H groups in total. The molecule has 114 valence electrons. The van der Waals surface area contributed by atoms with Gasteiger partial charge in [-0.05, 0) is 13.0 Å². The van der Waals surface area contributed by atoms with Gasteiger partial charge in [0.1, 0.15) is 0 Å². The number of hydrogen-bond acceptors (Lipinski definition) is 5. The molecule has 0 bridgehead atoms. The van der Waals surface area contributed by atoms with E-state index in [1.165, 1.54) is 12.8 Å². The van der Waals surface area contributed by atoms with Gasteiger partial charge in [-0.15, -0.1) is 0 Å². The van der Waals surface area contributed by atoms with E-state index in [-0.39, 0.29) is 6.42 Å². The van der Waals surface area contributed by atoms with Crippen LogP contribution in [0.25, 0.3) is 0 Å². The molecule has 0 aliphatic heterocycles. The van der Waals surface area contributed by atoms with Crippen molar-refractivity contribution in [3.63, 3.8) is 0 Å². The quantitative estimate of drug-likeness (QED) is 0.262. The zero-order valence-electron chi connectivity index (χ0n) is 12.1. The molecule has 0 aromatic heterocycles. The van der Waals surface area contributed by atoms with E-state index < -0.39 is 5.97 Å². The van der Waals surface area contributed by atoms with Gasteiger partial charge in [-0.25, -0.2) is 0 Å². The maximum absolute atomic E-state index is 10.2. The molecule has 0 rings (SSSR count). The first-order valence-electron chi connectivity index (χ1n) is 7.32. The van der Waals surface area contributed by atoms with Crippen molar-refractivity contribution >= 4 is 5.97 Å². The minimum atomic E-state index is -0.753. The van der Waals surface area contributed by atoms with Crippen LogP contribution in [0.3, 0.4) is 0 Å². The van der Waals surface area contributed by atoms with Crippen molar-refractivity contribution < 1.29 is 9.90 Å². The van der Waals surface area contributed by atoms with Crippen LogP contribution in [-0.2, 0) is 4.79 Å². The third kappa shape index (κ3) is 17.3. The molecular weight excluding hydrogens is 244 g/mol. The first-order valence-corrected chi connectivity index (χ1v) is 7.32. The van der Waals surface area contributed by atoms with E-state index in [0.717, 1.165) is 45.8 Å². The highest BCUT2D eigenvalue weighted by molar-refractivity contribution is 5.66. The van der Waals surface area contributed by atoms with Gasteiger partial charge in [0.05, 0.1) is 6.42 Å². The van der Waals surface area contributed by atoms with E-state index in [1.54, 1.807) is 0 Å². The summed E-state index contributed by atoms with van der Waals surface area (Å²) in [5, 5.41) is 21.5. The zero-order valence-corrected chi connectivity index (χ0v) is 12.1. The monoisotopic (exact) mass is 274 g/mol. The van der Waals surface area contributed by atoms with Crippen molar-refractivity contribution in [2.45, 2.75) is 26.2 Å². The number of carbonyl (C=O) groups is 1. The minimum Gasteiger partial charge on any atom is -0.481 e. The second-order valence-corrected chi connectivity index (χ2v) is 4.50. The van der Waals surface area contributed by atoms with Gasteiger partial charge >= 0.3 is 5.97 Å². The summed E-state index contributed by atoms with van der Waals surface area (Å²) in [6.45, 7) is 9.46. The van der Waals surface area contributed by atoms with Crippen LogP contribution in [0.2, 0.25) is 0 Å². The second kappa shape index (κ2) is 15.4. The number of unbranched alkanes of at least 4 members (excludes halogenated alkanes) is 1. The summed E-state index contributed by atoms with van der Waals surface area (Å²) < 4.78 is 0. The van der Waals surface area contributed by atoms with Crippen molar-refractivity contribution in [3.8, 4) is 0 Å². The van der Waals surface area contributed by atoms with Crippen molar-refractivity contribution in [1.29, 1.82) is 0 Å². The van der Waals surface area contributed by atoms with Crippen LogP contribution >= 0.6 is 0 Å². The fraction of sp³-hybridized carbons (Fsp3) is 0.923. The van der Waals surface area contributed by atoms with E-state index in [9.17, 15) is 4.79 Å². The van der Waals surface area contributed by atoms with Crippen molar-refractivity contribution in [2.75, 3.05) is 52.4 Å². The normalized spacial score (nSPS) is 10.8. The molecule has 0 heterocycles. The Morgan fingerprint density at radius 1 is 0.789 bits per heavy atom. The summed E-state index contributed by atoms with van der Waals surface area (Å²) in [5.41, 5.74) is 0. The lowest BCUT2D eigenvalue weighted by molar-refractivity contribution is -0.136. The largest absolute Gasteiger partial charge is 0.481 e. The molecule has 0 unspecified atom stereocenters. The molecule has 0 fully saturated rings. The van der Waals surface area contributed by atoms with Crippen LogP contribution in [0.5, 0.6) is 0 Å². The average molecular weight is 274 g/mol. The molecule has 0 amide bonds. The number of hydrogen-bond donors (Lipinski definition) is 5. The molecule has 0 aromatic carbocycles. The summed E-state index contributed by atoms with van der Waals surface area (Å²) in [5.74, 6) is -0.753. The lowest BCUT2D eigenvalue weighted by atomic mass is 10.3. The van der Waals surface area contributed by atoms with Crippen LogP contribution < -0.4 is 21.3 Å². The molecule has 0 saturated carbocycles. The van der Waals surface area contributed by atoms with E-state index >= 15 is 0 Å². The predicted octanol–water partition coefficient (Wildman–Crippen LogP) is -0.380. The molecule has 6 heteroatoms. The smallest absolute Gasteiger partial charge is 0.304 e. The van der Waals surface area contributed by atoms with Crippen LogP contribution in [0, 0.1) is 0 Å². The third-order valence-electron chi connectivity index (χ3n) is 2.66. The molecule has 0 aliphatic rings. The molecule has 0 radical (unpaired) electrons. The first-order chi connectivity index (χ1) is 9.27. The van der Waals surface area contributed by atoms with Crippen LogP contribution in [0.1, 0.15) is 26.2 Å². The Morgan fingerprint density at radius 2 is 1.21 bits per heavy atom. The Morgan fingerprint density at radius 3 is 1.63 bits per heavy atom. The zero-order chi connectivity index (χ0) is 14.2. The summed E-state index contributed by atoms with van der Waals surface area (Å²) in [6, 6.07) is 0. The Bertz CT molecular complexity index is 203. The summed E-state index contributed by atoms with van der Waals surface area (Å²) in [6.07, 6.45) is 2.67. The summed E-state index contributed by atoms with van der Waals surface area (Å²) >= 11 is 0. The molecule has 19 heavy (non-hydrogen) atoms. The standard InChI is InChI=1S/C13H30N4O2/c1-2-3-5-14-7-9-16-11-12-17-10-8-15-6-4-13(18)19/h14-17H,2-12H2,1H3,(H,18,19). The lowest BCUT2D eigenvalue weighted by Gasteiger charge is -2.08. The van der Waals surface area contributed by atoms with Gasteiger partial charge in [0.15, 0.2) is 0 Å². The van der Waals surface area contributed by atoms with Gasteiger partial charge in [0.2, 0.25) is 0 Å².